The van der Waals surface area contributed by atoms with Crippen molar-refractivity contribution in [2.24, 2.45) is 0 Å². The second-order valence-electron chi connectivity index (χ2n) is 5.54. The lowest BCUT2D eigenvalue weighted by molar-refractivity contribution is 0.112. The fourth-order valence-corrected chi connectivity index (χ4v) is 2.37. The molecule has 0 unspecified atom stereocenters. The SMILES string of the molecule is Cc1ccc(COc2cccc(-c3ccc(C=O)cc3)c2)cc1. The summed E-state index contributed by atoms with van der Waals surface area (Å²) >= 11 is 0. The van der Waals surface area contributed by atoms with Crippen molar-refractivity contribution in [3.05, 3.63) is 89.5 Å². The quantitative estimate of drug-likeness (QED) is 0.616. The molecule has 0 aromatic heterocycles. The van der Waals surface area contributed by atoms with Crippen LogP contribution in [0.15, 0.2) is 72.8 Å². The maximum atomic E-state index is 10.7. The molecule has 0 radical (unpaired) electrons. The van der Waals surface area contributed by atoms with Gasteiger partial charge in [-0.3, -0.25) is 4.79 Å². The van der Waals surface area contributed by atoms with Crippen LogP contribution in [-0.4, -0.2) is 6.29 Å². The van der Waals surface area contributed by atoms with Gasteiger partial charge in [-0.1, -0.05) is 66.2 Å². The molecule has 0 spiro atoms. The Labute approximate surface area is 136 Å². The smallest absolute Gasteiger partial charge is 0.150 e. The van der Waals surface area contributed by atoms with Crippen molar-refractivity contribution < 1.29 is 9.53 Å². The molecule has 3 aromatic carbocycles. The topological polar surface area (TPSA) is 26.3 Å². The van der Waals surface area contributed by atoms with Gasteiger partial charge in [0.1, 0.15) is 18.6 Å². The lowest BCUT2D eigenvalue weighted by atomic mass is 10.0. The lowest BCUT2D eigenvalue weighted by Gasteiger charge is -2.09. The van der Waals surface area contributed by atoms with E-state index in [1.807, 2.05) is 48.5 Å². The molecule has 0 aliphatic heterocycles. The van der Waals surface area contributed by atoms with E-state index in [2.05, 4.69) is 31.2 Å². The van der Waals surface area contributed by atoms with Gasteiger partial charge in [0.05, 0.1) is 0 Å². The molecule has 0 fully saturated rings. The van der Waals surface area contributed by atoms with Crippen LogP contribution in [-0.2, 0) is 6.61 Å². The minimum absolute atomic E-state index is 0.549. The van der Waals surface area contributed by atoms with E-state index in [0.29, 0.717) is 12.2 Å². The number of rotatable bonds is 5. The summed E-state index contributed by atoms with van der Waals surface area (Å²) in [5, 5.41) is 0. The van der Waals surface area contributed by atoms with Crippen molar-refractivity contribution in [3.63, 3.8) is 0 Å². The van der Waals surface area contributed by atoms with Crippen LogP contribution < -0.4 is 4.74 Å². The lowest BCUT2D eigenvalue weighted by Crippen LogP contribution is -1.95. The van der Waals surface area contributed by atoms with Crippen LogP contribution in [0.25, 0.3) is 11.1 Å². The van der Waals surface area contributed by atoms with Gasteiger partial charge in [0.15, 0.2) is 0 Å². The third-order valence-corrected chi connectivity index (χ3v) is 3.74. The molecule has 3 aromatic rings. The highest BCUT2D eigenvalue weighted by Gasteiger charge is 2.01. The molecule has 0 atom stereocenters. The van der Waals surface area contributed by atoms with Crippen molar-refractivity contribution in [3.8, 4) is 16.9 Å². The normalized spacial score (nSPS) is 10.3. The Kier molecular flexibility index (Phi) is 4.53. The van der Waals surface area contributed by atoms with Crippen LogP contribution in [0.4, 0.5) is 0 Å². The summed E-state index contributed by atoms with van der Waals surface area (Å²) < 4.78 is 5.88. The van der Waals surface area contributed by atoms with Crippen molar-refractivity contribution in [2.45, 2.75) is 13.5 Å². The molecule has 0 aliphatic carbocycles. The number of hydrogen-bond acceptors (Lipinski definition) is 2. The summed E-state index contributed by atoms with van der Waals surface area (Å²) in [4.78, 5) is 10.7. The van der Waals surface area contributed by atoms with Gasteiger partial charge in [-0.05, 0) is 35.7 Å². The highest BCUT2D eigenvalue weighted by Crippen LogP contribution is 2.24. The van der Waals surface area contributed by atoms with Crippen LogP contribution in [0.1, 0.15) is 21.5 Å². The molecule has 23 heavy (non-hydrogen) atoms. The molecule has 2 heteroatoms. The maximum Gasteiger partial charge on any atom is 0.150 e. The molecule has 114 valence electrons. The number of ether oxygens (including phenoxy) is 1. The zero-order chi connectivity index (χ0) is 16.1. The first-order valence-electron chi connectivity index (χ1n) is 7.58. The first-order chi connectivity index (χ1) is 11.2. The standard InChI is InChI=1S/C21H18O2/c1-16-5-7-18(8-6-16)15-23-21-4-2-3-20(13-21)19-11-9-17(14-22)10-12-19/h2-14H,15H2,1H3. The van der Waals surface area contributed by atoms with E-state index in [0.717, 1.165) is 28.7 Å². The van der Waals surface area contributed by atoms with Gasteiger partial charge in [-0.25, -0.2) is 0 Å². The Hall–Kier alpha value is -2.87. The van der Waals surface area contributed by atoms with E-state index < -0.39 is 0 Å². The van der Waals surface area contributed by atoms with Crippen LogP contribution in [0, 0.1) is 6.92 Å². The minimum Gasteiger partial charge on any atom is -0.489 e. The third kappa shape index (κ3) is 3.86. The highest BCUT2D eigenvalue weighted by atomic mass is 16.5. The van der Waals surface area contributed by atoms with E-state index in [1.165, 1.54) is 5.56 Å². The third-order valence-electron chi connectivity index (χ3n) is 3.74. The van der Waals surface area contributed by atoms with Gasteiger partial charge < -0.3 is 4.74 Å². The fourth-order valence-electron chi connectivity index (χ4n) is 2.37. The molecular formula is C21H18O2. The number of carbonyl (C=O) groups excluding carboxylic acids is 1. The Bertz CT molecular complexity index is 787. The van der Waals surface area contributed by atoms with E-state index in [4.69, 9.17) is 4.74 Å². The number of hydrogen-bond donors (Lipinski definition) is 0. The van der Waals surface area contributed by atoms with Crippen LogP contribution in [0.3, 0.4) is 0 Å². The van der Waals surface area contributed by atoms with E-state index in [-0.39, 0.29) is 0 Å². The molecule has 0 amide bonds. The second kappa shape index (κ2) is 6.93. The number of aldehydes is 1. The van der Waals surface area contributed by atoms with Crippen molar-refractivity contribution in [1.29, 1.82) is 0 Å². The van der Waals surface area contributed by atoms with E-state index in [1.54, 1.807) is 0 Å². The number of aryl methyl sites for hydroxylation is 1. The van der Waals surface area contributed by atoms with E-state index in [9.17, 15) is 4.79 Å². The summed E-state index contributed by atoms with van der Waals surface area (Å²) in [7, 11) is 0. The Morgan fingerprint density at radius 2 is 1.61 bits per heavy atom. The molecular weight excluding hydrogens is 284 g/mol. The molecule has 3 rings (SSSR count). The zero-order valence-electron chi connectivity index (χ0n) is 13.0. The predicted octanol–water partition coefficient (Wildman–Crippen LogP) is 5.05. The van der Waals surface area contributed by atoms with Crippen LogP contribution >= 0.6 is 0 Å². The van der Waals surface area contributed by atoms with Gasteiger partial charge in [0.2, 0.25) is 0 Å². The first-order valence-corrected chi connectivity index (χ1v) is 7.58. The molecule has 0 saturated heterocycles. The molecule has 0 heterocycles. The van der Waals surface area contributed by atoms with Gasteiger partial charge in [0, 0.05) is 5.56 Å². The maximum absolute atomic E-state index is 10.7. The molecule has 0 bridgehead atoms. The highest BCUT2D eigenvalue weighted by molar-refractivity contribution is 5.77. The van der Waals surface area contributed by atoms with Crippen molar-refractivity contribution >= 4 is 6.29 Å². The fraction of sp³-hybridized carbons (Fsp3) is 0.0952. The van der Waals surface area contributed by atoms with Gasteiger partial charge in [0.25, 0.3) is 0 Å². The predicted molar refractivity (Wildman–Crippen MR) is 92.8 cm³/mol. The number of carbonyl (C=O) groups is 1. The molecule has 0 saturated carbocycles. The zero-order valence-corrected chi connectivity index (χ0v) is 13.0. The van der Waals surface area contributed by atoms with Gasteiger partial charge >= 0.3 is 0 Å². The summed E-state index contributed by atoms with van der Waals surface area (Å²) in [6, 6.07) is 23.9. The first kappa shape index (κ1) is 15.0. The van der Waals surface area contributed by atoms with Crippen molar-refractivity contribution in [1.82, 2.24) is 0 Å². The Morgan fingerprint density at radius 3 is 2.30 bits per heavy atom. The van der Waals surface area contributed by atoms with Gasteiger partial charge in [-0.15, -0.1) is 0 Å². The second-order valence-corrected chi connectivity index (χ2v) is 5.54. The molecule has 0 N–H and O–H groups in total. The molecule has 0 aliphatic rings. The minimum atomic E-state index is 0.549. The van der Waals surface area contributed by atoms with Gasteiger partial charge in [-0.2, -0.15) is 0 Å². The monoisotopic (exact) mass is 302 g/mol. The van der Waals surface area contributed by atoms with Crippen LogP contribution in [0.5, 0.6) is 5.75 Å². The van der Waals surface area contributed by atoms with Crippen molar-refractivity contribution in [2.75, 3.05) is 0 Å². The summed E-state index contributed by atoms with van der Waals surface area (Å²) in [6.45, 7) is 2.62. The number of benzene rings is 3. The summed E-state index contributed by atoms with van der Waals surface area (Å²) in [5.74, 6) is 0.836. The molecule has 2 nitrogen and oxygen atoms in total. The average Bonchev–Trinajstić information content (AvgIpc) is 2.61. The largest absolute Gasteiger partial charge is 0.489 e. The van der Waals surface area contributed by atoms with Crippen LogP contribution in [0.2, 0.25) is 0 Å². The average molecular weight is 302 g/mol. The summed E-state index contributed by atoms with van der Waals surface area (Å²) in [6.07, 6.45) is 0.852. The Balaban J connectivity index is 1.73. The van der Waals surface area contributed by atoms with E-state index >= 15 is 0 Å². The Morgan fingerprint density at radius 1 is 0.870 bits per heavy atom. The summed E-state index contributed by atoms with van der Waals surface area (Å²) in [5.41, 5.74) is 5.21.